The summed E-state index contributed by atoms with van der Waals surface area (Å²) in [5.41, 5.74) is 1.13. The van der Waals surface area contributed by atoms with Gasteiger partial charge in [0.05, 0.1) is 12.7 Å². The zero-order chi connectivity index (χ0) is 10.9. The molecule has 1 rings (SSSR count). The van der Waals surface area contributed by atoms with Crippen LogP contribution in [0.15, 0.2) is 30.3 Å². The molecule has 1 N–H and O–H groups in total. The fourth-order valence-electron chi connectivity index (χ4n) is 1.26. The van der Waals surface area contributed by atoms with Gasteiger partial charge >= 0.3 is 0 Å². The van der Waals surface area contributed by atoms with Crippen LogP contribution in [0.25, 0.3) is 0 Å². The van der Waals surface area contributed by atoms with E-state index in [0.717, 1.165) is 5.56 Å². The summed E-state index contributed by atoms with van der Waals surface area (Å²) in [5, 5.41) is 8.94. The van der Waals surface area contributed by atoms with Gasteiger partial charge in [-0.25, -0.2) is 4.39 Å². The molecule has 1 aromatic rings. The third-order valence-electron chi connectivity index (χ3n) is 2.12. The first-order valence-electron chi connectivity index (χ1n) is 5.18. The van der Waals surface area contributed by atoms with Gasteiger partial charge in [-0.05, 0) is 18.4 Å². The third-order valence-corrected chi connectivity index (χ3v) is 2.12. The van der Waals surface area contributed by atoms with Crippen molar-refractivity contribution in [3.63, 3.8) is 0 Å². The highest BCUT2D eigenvalue weighted by atomic mass is 19.1. The monoisotopic (exact) mass is 212 g/mol. The minimum Gasteiger partial charge on any atom is -0.390 e. The molecule has 1 aromatic carbocycles. The van der Waals surface area contributed by atoms with E-state index in [1.165, 1.54) is 0 Å². The van der Waals surface area contributed by atoms with Crippen LogP contribution >= 0.6 is 0 Å². The topological polar surface area (TPSA) is 29.5 Å². The lowest BCUT2D eigenvalue weighted by Crippen LogP contribution is -2.09. The van der Waals surface area contributed by atoms with E-state index in [9.17, 15) is 4.39 Å². The molecule has 0 spiro atoms. The van der Waals surface area contributed by atoms with Gasteiger partial charge < -0.3 is 9.84 Å². The highest BCUT2D eigenvalue weighted by Crippen LogP contribution is 2.03. The highest BCUT2D eigenvalue weighted by Gasteiger charge is 2.01. The summed E-state index contributed by atoms with van der Waals surface area (Å²) in [7, 11) is 0. The smallest absolute Gasteiger partial charge is 0.115 e. The third kappa shape index (κ3) is 5.50. The average molecular weight is 212 g/mol. The van der Waals surface area contributed by atoms with Gasteiger partial charge in [0.15, 0.2) is 0 Å². The van der Waals surface area contributed by atoms with Crippen molar-refractivity contribution < 1.29 is 14.2 Å². The summed E-state index contributed by atoms with van der Waals surface area (Å²) in [6.45, 7) is 0.469. The van der Waals surface area contributed by atoms with Crippen molar-refractivity contribution in [3.05, 3.63) is 35.9 Å². The summed E-state index contributed by atoms with van der Waals surface area (Å²) in [6.07, 6.45) is 0.328. The number of benzene rings is 1. The van der Waals surface area contributed by atoms with E-state index in [-0.39, 0.29) is 0 Å². The molecule has 0 aromatic heterocycles. The molecule has 0 aliphatic rings. The van der Waals surface area contributed by atoms with Gasteiger partial charge in [0.2, 0.25) is 0 Å². The zero-order valence-corrected chi connectivity index (χ0v) is 8.73. The lowest BCUT2D eigenvalue weighted by atomic mass is 10.2. The Hall–Kier alpha value is -0.930. The van der Waals surface area contributed by atoms with Crippen LogP contribution in [0.5, 0.6) is 0 Å². The van der Waals surface area contributed by atoms with Crippen molar-refractivity contribution in [2.75, 3.05) is 13.3 Å². The average Bonchev–Trinajstić information content (AvgIpc) is 2.29. The van der Waals surface area contributed by atoms with E-state index in [4.69, 9.17) is 9.84 Å². The Balaban J connectivity index is 2.03. The summed E-state index contributed by atoms with van der Waals surface area (Å²) in [4.78, 5) is 0. The molecular formula is C12H17FO2. The zero-order valence-electron chi connectivity index (χ0n) is 8.73. The van der Waals surface area contributed by atoms with E-state index < -0.39 is 12.8 Å². The molecule has 1 unspecified atom stereocenters. The van der Waals surface area contributed by atoms with E-state index in [1.54, 1.807) is 0 Å². The normalized spacial score (nSPS) is 12.7. The number of aliphatic hydroxyl groups excluding tert-OH is 1. The molecule has 0 heterocycles. The van der Waals surface area contributed by atoms with Gasteiger partial charge in [0.25, 0.3) is 0 Å². The van der Waals surface area contributed by atoms with Crippen molar-refractivity contribution in [2.45, 2.75) is 25.6 Å². The molecule has 0 aliphatic carbocycles. The van der Waals surface area contributed by atoms with Crippen LogP contribution in [-0.4, -0.2) is 24.5 Å². The van der Waals surface area contributed by atoms with Gasteiger partial charge in [-0.2, -0.15) is 0 Å². The predicted molar refractivity (Wildman–Crippen MR) is 57.3 cm³/mol. The molecule has 84 valence electrons. The first-order chi connectivity index (χ1) is 7.33. The molecule has 1 atom stereocenters. The Morgan fingerprint density at radius 1 is 1.27 bits per heavy atom. The summed E-state index contributed by atoms with van der Waals surface area (Å²) >= 11 is 0. The molecule has 0 saturated heterocycles. The summed E-state index contributed by atoms with van der Waals surface area (Å²) in [6, 6.07) is 9.88. The number of halogens is 1. The lowest BCUT2D eigenvalue weighted by molar-refractivity contribution is 0.0877. The van der Waals surface area contributed by atoms with Gasteiger partial charge in [-0.15, -0.1) is 0 Å². The van der Waals surface area contributed by atoms with Crippen LogP contribution in [0.3, 0.4) is 0 Å². The van der Waals surface area contributed by atoms with Crippen LogP contribution in [0.1, 0.15) is 18.4 Å². The van der Waals surface area contributed by atoms with E-state index in [0.29, 0.717) is 26.1 Å². The molecule has 0 aliphatic heterocycles. The second kappa shape index (κ2) is 7.37. The summed E-state index contributed by atoms with van der Waals surface area (Å²) < 4.78 is 17.3. The second-order valence-electron chi connectivity index (χ2n) is 3.49. The van der Waals surface area contributed by atoms with Crippen molar-refractivity contribution in [1.29, 1.82) is 0 Å². The molecule has 0 bridgehead atoms. The van der Waals surface area contributed by atoms with Crippen molar-refractivity contribution in [1.82, 2.24) is 0 Å². The first kappa shape index (κ1) is 12.1. The molecule has 0 amide bonds. The maximum Gasteiger partial charge on any atom is 0.115 e. The minimum atomic E-state index is -0.828. The molecule has 15 heavy (non-hydrogen) atoms. The number of aliphatic hydroxyl groups is 1. The standard InChI is InChI=1S/C12H17FO2/c13-9-12(14)7-4-8-15-10-11-5-2-1-3-6-11/h1-3,5-6,12,14H,4,7-10H2. The number of ether oxygens (including phenoxy) is 1. The Morgan fingerprint density at radius 2 is 2.00 bits per heavy atom. The van der Waals surface area contributed by atoms with Crippen LogP contribution in [-0.2, 0) is 11.3 Å². The van der Waals surface area contributed by atoms with Gasteiger partial charge in [0.1, 0.15) is 6.67 Å². The molecule has 0 saturated carbocycles. The molecule has 0 fully saturated rings. The fourth-order valence-corrected chi connectivity index (χ4v) is 1.26. The Kier molecular flexibility index (Phi) is 5.97. The lowest BCUT2D eigenvalue weighted by Gasteiger charge is -2.06. The molecule has 0 radical (unpaired) electrons. The maximum absolute atomic E-state index is 11.9. The fraction of sp³-hybridized carbons (Fsp3) is 0.500. The maximum atomic E-state index is 11.9. The van der Waals surface area contributed by atoms with Crippen LogP contribution < -0.4 is 0 Å². The van der Waals surface area contributed by atoms with Crippen molar-refractivity contribution in [2.24, 2.45) is 0 Å². The van der Waals surface area contributed by atoms with Gasteiger partial charge in [-0.1, -0.05) is 30.3 Å². The number of hydrogen-bond donors (Lipinski definition) is 1. The van der Waals surface area contributed by atoms with Crippen LogP contribution in [0.2, 0.25) is 0 Å². The first-order valence-corrected chi connectivity index (χ1v) is 5.18. The quantitative estimate of drug-likeness (QED) is 0.703. The minimum absolute atomic E-state index is 0.464. The number of alkyl halides is 1. The van der Waals surface area contributed by atoms with E-state index >= 15 is 0 Å². The number of rotatable bonds is 7. The van der Waals surface area contributed by atoms with Crippen molar-refractivity contribution in [3.8, 4) is 0 Å². The van der Waals surface area contributed by atoms with Gasteiger partial charge in [0, 0.05) is 6.61 Å². The Morgan fingerprint density at radius 3 is 2.67 bits per heavy atom. The number of hydrogen-bond acceptors (Lipinski definition) is 2. The predicted octanol–water partition coefficient (Wildman–Crippen LogP) is 2.31. The highest BCUT2D eigenvalue weighted by molar-refractivity contribution is 5.13. The Labute approximate surface area is 89.7 Å². The SMILES string of the molecule is OC(CF)CCCOCc1ccccc1. The van der Waals surface area contributed by atoms with E-state index in [1.807, 2.05) is 30.3 Å². The van der Waals surface area contributed by atoms with Gasteiger partial charge in [-0.3, -0.25) is 0 Å². The molecule has 2 nitrogen and oxygen atoms in total. The van der Waals surface area contributed by atoms with Crippen molar-refractivity contribution >= 4 is 0 Å². The Bertz CT molecular complexity index is 251. The van der Waals surface area contributed by atoms with Crippen LogP contribution in [0, 0.1) is 0 Å². The molecule has 3 heteroatoms. The van der Waals surface area contributed by atoms with E-state index in [2.05, 4.69) is 0 Å². The largest absolute Gasteiger partial charge is 0.390 e. The molecular weight excluding hydrogens is 195 g/mol. The van der Waals surface area contributed by atoms with Crippen LogP contribution in [0.4, 0.5) is 4.39 Å². The second-order valence-corrected chi connectivity index (χ2v) is 3.49. The summed E-state index contributed by atoms with van der Waals surface area (Å²) in [5.74, 6) is 0.